The lowest BCUT2D eigenvalue weighted by Crippen LogP contribution is -2.47. The molecule has 0 radical (unpaired) electrons. The van der Waals surface area contributed by atoms with Crippen molar-refractivity contribution in [3.63, 3.8) is 0 Å². The van der Waals surface area contributed by atoms with E-state index in [1.165, 1.54) is 19.3 Å². The predicted octanol–water partition coefficient (Wildman–Crippen LogP) is 3.22. The van der Waals surface area contributed by atoms with Gasteiger partial charge in [0.1, 0.15) is 11.5 Å². The van der Waals surface area contributed by atoms with Gasteiger partial charge in [-0.05, 0) is 44.5 Å². The first-order valence-corrected chi connectivity index (χ1v) is 8.29. The van der Waals surface area contributed by atoms with Crippen LogP contribution >= 0.6 is 12.2 Å². The van der Waals surface area contributed by atoms with Crippen molar-refractivity contribution in [2.75, 3.05) is 6.54 Å². The van der Waals surface area contributed by atoms with Crippen molar-refractivity contribution in [3.05, 3.63) is 23.2 Å². The molecule has 6 heteroatoms. The molecule has 1 atom stereocenters. The highest BCUT2D eigenvalue weighted by molar-refractivity contribution is 7.80. The molecule has 0 aromatic carbocycles. The quantitative estimate of drug-likeness (QED) is 0.530. The van der Waals surface area contributed by atoms with Gasteiger partial charge in [-0.2, -0.15) is 0 Å². The van der Waals surface area contributed by atoms with Crippen LogP contribution in [0, 0.1) is 19.8 Å². The third kappa shape index (κ3) is 6.05. The third-order valence-electron chi connectivity index (χ3n) is 3.67. The second-order valence-corrected chi connectivity index (χ2v) is 5.94. The highest BCUT2D eigenvalue weighted by atomic mass is 32.1. The number of furan rings is 1. The fraction of sp³-hybridized carbons (Fsp3) is 0.625. The molecular formula is C16H27N3O2S. The largest absolute Gasteiger partial charge is 0.466 e. The maximum Gasteiger partial charge on any atom is 0.273 e. The molecule has 0 bridgehead atoms. The Labute approximate surface area is 138 Å². The van der Waals surface area contributed by atoms with Crippen molar-refractivity contribution >= 4 is 23.2 Å². The van der Waals surface area contributed by atoms with Crippen LogP contribution in [0.2, 0.25) is 0 Å². The molecule has 1 heterocycles. The van der Waals surface area contributed by atoms with Gasteiger partial charge in [0.15, 0.2) is 5.11 Å². The molecule has 0 fully saturated rings. The molecule has 1 rings (SSSR count). The van der Waals surface area contributed by atoms with Crippen molar-refractivity contribution in [3.8, 4) is 0 Å². The van der Waals surface area contributed by atoms with Gasteiger partial charge in [-0.3, -0.25) is 15.6 Å². The maximum atomic E-state index is 12.0. The first kappa shape index (κ1) is 18.5. The molecule has 0 aliphatic rings. The van der Waals surface area contributed by atoms with Crippen LogP contribution in [0.3, 0.4) is 0 Å². The number of carbonyl (C=O) groups excluding carboxylic acids is 1. The summed E-state index contributed by atoms with van der Waals surface area (Å²) in [5.41, 5.74) is 5.83. The Kier molecular flexibility index (Phi) is 7.95. The summed E-state index contributed by atoms with van der Waals surface area (Å²) in [5.74, 6) is 1.66. The summed E-state index contributed by atoms with van der Waals surface area (Å²) in [7, 11) is 0. The Morgan fingerprint density at radius 3 is 2.59 bits per heavy atom. The van der Waals surface area contributed by atoms with Gasteiger partial charge in [0.25, 0.3) is 5.91 Å². The minimum Gasteiger partial charge on any atom is -0.466 e. The lowest BCUT2D eigenvalue weighted by atomic mass is 9.99. The number of unbranched alkanes of at least 4 members (excludes halogenated alkanes) is 1. The van der Waals surface area contributed by atoms with Crippen LogP contribution in [0.15, 0.2) is 10.5 Å². The predicted molar refractivity (Wildman–Crippen MR) is 92.7 cm³/mol. The SMILES string of the molecule is CCCC[C@H](CC)CNC(=S)NNC(=O)c1cc(C)oc1C. The van der Waals surface area contributed by atoms with Crippen LogP contribution in [-0.4, -0.2) is 17.6 Å². The summed E-state index contributed by atoms with van der Waals surface area (Å²) in [5, 5.41) is 3.58. The van der Waals surface area contributed by atoms with E-state index in [-0.39, 0.29) is 5.91 Å². The van der Waals surface area contributed by atoms with E-state index in [0.29, 0.717) is 28.1 Å². The van der Waals surface area contributed by atoms with E-state index in [1.54, 1.807) is 13.0 Å². The first-order chi connectivity index (χ1) is 10.5. The van der Waals surface area contributed by atoms with Gasteiger partial charge in [-0.1, -0.05) is 33.1 Å². The number of hydrazine groups is 1. The zero-order valence-electron chi connectivity index (χ0n) is 13.9. The molecule has 0 saturated heterocycles. The van der Waals surface area contributed by atoms with Crippen molar-refractivity contribution < 1.29 is 9.21 Å². The zero-order valence-corrected chi connectivity index (χ0v) is 14.7. The van der Waals surface area contributed by atoms with Gasteiger partial charge in [0.2, 0.25) is 0 Å². The number of aryl methyl sites for hydroxylation is 2. The monoisotopic (exact) mass is 325 g/mol. The van der Waals surface area contributed by atoms with Crippen LogP contribution in [0.1, 0.15) is 61.4 Å². The van der Waals surface area contributed by atoms with E-state index in [1.807, 2.05) is 6.92 Å². The number of carbonyl (C=O) groups is 1. The Hall–Kier alpha value is -1.56. The topological polar surface area (TPSA) is 66.3 Å². The molecule has 0 unspecified atom stereocenters. The number of thiocarbonyl (C=S) groups is 1. The molecule has 0 aliphatic heterocycles. The van der Waals surface area contributed by atoms with E-state index < -0.39 is 0 Å². The second-order valence-electron chi connectivity index (χ2n) is 5.53. The molecular weight excluding hydrogens is 298 g/mol. The molecule has 124 valence electrons. The van der Waals surface area contributed by atoms with Crippen molar-refractivity contribution in [1.82, 2.24) is 16.2 Å². The molecule has 0 spiro atoms. The van der Waals surface area contributed by atoms with Gasteiger partial charge >= 0.3 is 0 Å². The number of hydrogen-bond acceptors (Lipinski definition) is 3. The standard InChI is InChI=1S/C16H27N3O2S/c1-5-7-8-13(6-2)10-17-16(22)19-18-15(20)14-9-11(3)21-12(14)4/h9,13H,5-8,10H2,1-4H3,(H,18,20)(H2,17,19,22)/t13-/m0/s1. The average Bonchev–Trinajstić information content (AvgIpc) is 2.83. The smallest absolute Gasteiger partial charge is 0.273 e. The number of nitrogens with one attached hydrogen (secondary N) is 3. The van der Waals surface area contributed by atoms with E-state index in [0.717, 1.165) is 13.0 Å². The lowest BCUT2D eigenvalue weighted by Gasteiger charge is -2.17. The number of hydrogen-bond donors (Lipinski definition) is 3. The van der Waals surface area contributed by atoms with Crippen LogP contribution in [0.4, 0.5) is 0 Å². The second kappa shape index (κ2) is 9.46. The third-order valence-corrected chi connectivity index (χ3v) is 3.92. The molecule has 22 heavy (non-hydrogen) atoms. The molecule has 1 amide bonds. The fourth-order valence-corrected chi connectivity index (χ4v) is 2.40. The van der Waals surface area contributed by atoms with Crippen LogP contribution in [-0.2, 0) is 0 Å². The van der Waals surface area contributed by atoms with Gasteiger partial charge in [0.05, 0.1) is 5.56 Å². The highest BCUT2D eigenvalue weighted by Crippen LogP contribution is 2.13. The minimum absolute atomic E-state index is 0.253. The molecule has 1 aromatic heterocycles. The fourth-order valence-electron chi connectivity index (χ4n) is 2.26. The molecule has 1 aromatic rings. The summed E-state index contributed by atoms with van der Waals surface area (Å²) in [6, 6.07) is 1.71. The van der Waals surface area contributed by atoms with Crippen molar-refractivity contribution in [1.29, 1.82) is 0 Å². The number of rotatable bonds is 7. The Morgan fingerprint density at radius 2 is 2.05 bits per heavy atom. The van der Waals surface area contributed by atoms with Crippen molar-refractivity contribution in [2.24, 2.45) is 5.92 Å². The van der Waals surface area contributed by atoms with Crippen LogP contribution in [0.5, 0.6) is 0 Å². The normalized spacial score (nSPS) is 11.8. The summed E-state index contributed by atoms with van der Waals surface area (Å²) in [6.07, 6.45) is 4.76. The zero-order chi connectivity index (χ0) is 16.5. The Bertz CT molecular complexity index is 500. The first-order valence-electron chi connectivity index (χ1n) is 7.89. The molecule has 3 N–H and O–H groups in total. The summed E-state index contributed by atoms with van der Waals surface area (Å²) in [6.45, 7) is 8.77. The van der Waals surface area contributed by atoms with Gasteiger partial charge < -0.3 is 9.73 Å². The molecule has 5 nitrogen and oxygen atoms in total. The maximum absolute atomic E-state index is 12.0. The van der Waals surface area contributed by atoms with E-state index in [2.05, 4.69) is 30.0 Å². The van der Waals surface area contributed by atoms with Crippen LogP contribution in [0.25, 0.3) is 0 Å². The summed E-state index contributed by atoms with van der Waals surface area (Å²) < 4.78 is 5.34. The van der Waals surface area contributed by atoms with E-state index in [9.17, 15) is 4.79 Å². The van der Waals surface area contributed by atoms with Gasteiger partial charge in [0, 0.05) is 6.54 Å². The Balaban J connectivity index is 2.33. The Morgan fingerprint density at radius 1 is 1.32 bits per heavy atom. The summed E-state index contributed by atoms with van der Waals surface area (Å²) in [4.78, 5) is 12.0. The molecule has 0 saturated carbocycles. The lowest BCUT2D eigenvalue weighted by molar-refractivity contribution is 0.0942. The summed E-state index contributed by atoms with van der Waals surface area (Å²) >= 11 is 5.18. The van der Waals surface area contributed by atoms with Crippen molar-refractivity contribution in [2.45, 2.75) is 53.4 Å². The minimum atomic E-state index is -0.253. The van der Waals surface area contributed by atoms with Gasteiger partial charge in [-0.15, -0.1) is 0 Å². The molecule has 0 aliphatic carbocycles. The van der Waals surface area contributed by atoms with E-state index in [4.69, 9.17) is 16.6 Å². The van der Waals surface area contributed by atoms with E-state index >= 15 is 0 Å². The van der Waals surface area contributed by atoms with Gasteiger partial charge in [-0.25, -0.2) is 0 Å². The number of amides is 1. The highest BCUT2D eigenvalue weighted by Gasteiger charge is 2.13. The van der Waals surface area contributed by atoms with Crippen LogP contribution < -0.4 is 16.2 Å². The average molecular weight is 325 g/mol.